The summed E-state index contributed by atoms with van der Waals surface area (Å²) >= 11 is 0. The molecule has 0 bridgehead atoms. The van der Waals surface area contributed by atoms with E-state index in [2.05, 4.69) is 0 Å². The van der Waals surface area contributed by atoms with Gasteiger partial charge in [0.05, 0.1) is 0 Å². The van der Waals surface area contributed by atoms with Crippen LogP contribution in [0.5, 0.6) is 0 Å². The minimum atomic E-state index is -0.751. The normalized spacial score (nSPS) is 24.8. The molecule has 20 heavy (non-hydrogen) atoms. The molecule has 0 saturated carbocycles. The number of piperidine rings is 2. The summed E-state index contributed by atoms with van der Waals surface area (Å²) in [7, 11) is 0. The molecule has 0 aromatic heterocycles. The van der Waals surface area contributed by atoms with Crippen molar-refractivity contribution in [2.75, 3.05) is 26.2 Å². The predicted octanol–water partition coefficient (Wildman–Crippen LogP) is 1.11. The third-order valence-electron chi connectivity index (χ3n) is 4.37. The van der Waals surface area contributed by atoms with Crippen LogP contribution in [0.25, 0.3) is 0 Å². The fourth-order valence-corrected chi connectivity index (χ4v) is 3.09. The fraction of sp³-hybridized carbons (Fsp3) is 0.857. The lowest BCUT2D eigenvalue weighted by Gasteiger charge is -2.38. The summed E-state index contributed by atoms with van der Waals surface area (Å²) in [6, 6.07) is 0.334. The third-order valence-corrected chi connectivity index (χ3v) is 4.37. The smallest absolute Gasteiger partial charge is 0.320 e. The molecule has 0 spiro atoms. The molecule has 0 radical (unpaired) electrons. The van der Waals surface area contributed by atoms with Gasteiger partial charge in [-0.1, -0.05) is 0 Å². The Morgan fingerprint density at radius 1 is 1.10 bits per heavy atom. The quantitative estimate of drug-likeness (QED) is 0.812. The molecule has 0 aromatic rings. The lowest BCUT2D eigenvalue weighted by molar-refractivity contribution is -0.137. The van der Waals surface area contributed by atoms with E-state index in [1.807, 2.05) is 9.80 Å². The summed E-state index contributed by atoms with van der Waals surface area (Å²) < 4.78 is 0. The van der Waals surface area contributed by atoms with Gasteiger partial charge in [-0.05, 0) is 38.0 Å². The van der Waals surface area contributed by atoms with E-state index in [-0.39, 0.29) is 18.5 Å². The molecule has 114 valence electrons. The summed E-state index contributed by atoms with van der Waals surface area (Å²) in [6.07, 6.45) is 4.63. The van der Waals surface area contributed by atoms with Gasteiger partial charge in [0.2, 0.25) is 0 Å². The first-order valence-electron chi connectivity index (χ1n) is 7.57. The van der Waals surface area contributed by atoms with Crippen LogP contribution in [-0.2, 0) is 4.79 Å². The molecule has 0 aromatic carbocycles. The van der Waals surface area contributed by atoms with Gasteiger partial charge in [0.15, 0.2) is 0 Å². The summed E-state index contributed by atoms with van der Waals surface area (Å²) in [5, 5.41) is 8.75. The van der Waals surface area contributed by atoms with E-state index in [1.54, 1.807) is 0 Å². The van der Waals surface area contributed by atoms with E-state index in [0.29, 0.717) is 18.9 Å². The Bertz CT molecular complexity index is 354. The molecule has 2 aliphatic heterocycles. The first-order chi connectivity index (χ1) is 9.56. The Morgan fingerprint density at radius 3 is 2.45 bits per heavy atom. The molecule has 2 rings (SSSR count). The Balaban J connectivity index is 1.81. The number of rotatable bonds is 3. The second-order valence-corrected chi connectivity index (χ2v) is 5.99. The van der Waals surface area contributed by atoms with E-state index >= 15 is 0 Å². The van der Waals surface area contributed by atoms with Crippen LogP contribution < -0.4 is 5.73 Å². The number of urea groups is 1. The number of carbonyl (C=O) groups excluding carboxylic acids is 1. The van der Waals surface area contributed by atoms with Gasteiger partial charge in [-0.2, -0.15) is 0 Å². The van der Waals surface area contributed by atoms with Crippen LogP contribution in [0.3, 0.4) is 0 Å². The first kappa shape index (κ1) is 15.1. The molecule has 1 atom stereocenters. The highest BCUT2D eigenvalue weighted by Gasteiger charge is 2.29. The van der Waals surface area contributed by atoms with E-state index in [0.717, 1.165) is 45.3 Å². The van der Waals surface area contributed by atoms with Crippen LogP contribution in [0.15, 0.2) is 0 Å². The third kappa shape index (κ3) is 4.10. The molecule has 2 fully saturated rings. The van der Waals surface area contributed by atoms with Gasteiger partial charge < -0.3 is 20.6 Å². The van der Waals surface area contributed by atoms with Crippen molar-refractivity contribution in [2.45, 2.75) is 44.6 Å². The molecule has 2 heterocycles. The van der Waals surface area contributed by atoms with Crippen molar-refractivity contribution in [1.82, 2.24) is 9.80 Å². The number of likely N-dealkylation sites (tertiary alicyclic amines) is 2. The minimum absolute atomic E-state index is 0.108. The van der Waals surface area contributed by atoms with E-state index in [4.69, 9.17) is 10.8 Å². The SMILES string of the molecule is NC1CCN(C(=O)N2CCCC(CCC(=O)O)C2)CC1. The Hall–Kier alpha value is -1.30. The van der Waals surface area contributed by atoms with Crippen molar-refractivity contribution < 1.29 is 14.7 Å². The summed E-state index contributed by atoms with van der Waals surface area (Å²) in [5.41, 5.74) is 5.86. The fourth-order valence-electron chi connectivity index (χ4n) is 3.09. The molecule has 0 aliphatic carbocycles. The number of carboxylic acid groups (broad SMARTS) is 1. The van der Waals surface area contributed by atoms with Gasteiger partial charge >= 0.3 is 12.0 Å². The topological polar surface area (TPSA) is 86.9 Å². The maximum absolute atomic E-state index is 12.4. The Kier molecular flexibility index (Phi) is 5.23. The highest BCUT2D eigenvalue weighted by atomic mass is 16.4. The molecule has 6 heteroatoms. The van der Waals surface area contributed by atoms with E-state index in [1.165, 1.54) is 0 Å². The zero-order valence-corrected chi connectivity index (χ0v) is 12.0. The first-order valence-corrected chi connectivity index (χ1v) is 7.57. The number of hydrogen-bond acceptors (Lipinski definition) is 3. The van der Waals surface area contributed by atoms with Crippen molar-refractivity contribution in [3.8, 4) is 0 Å². The van der Waals surface area contributed by atoms with E-state index < -0.39 is 5.97 Å². The second kappa shape index (κ2) is 6.92. The monoisotopic (exact) mass is 283 g/mol. The van der Waals surface area contributed by atoms with Crippen molar-refractivity contribution in [3.63, 3.8) is 0 Å². The molecule has 3 N–H and O–H groups in total. The standard InChI is InChI=1S/C14H25N3O3/c15-12-5-8-16(9-6-12)14(20)17-7-1-2-11(10-17)3-4-13(18)19/h11-12H,1-10,15H2,(H,18,19). The zero-order chi connectivity index (χ0) is 14.5. The average molecular weight is 283 g/mol. The minimum Gasteiger partial charge on any atom is -0.481 e. The molecule has 1 unspecified atom stereocenters. The van der Waals surface area contributed by atoms with Crippen molar-refractivity contribution in [3.05, 3.63) is 0 Å². The van der Waals surface area contributed by atoms with Crippen LogP contribution in [0.1, 0.15) is 38.5 Å². The lowest BCUT2D eigenvalue weighted by Crippen LogP contribution is -2.51. The van der Waals surface area contributed by atoms with Crippen molar-refractivity contribution >= 4 is 12.0 Å². The number of aliphatic carboxylic acids is 1. The molecule has 6 nitrogen and oxygen atoms in total. The van der Waals surface area contributed by atoms with Crippen LogP contribution >= 0.6 is 0 Å². The van der Waals surface area contributed by atoms with Crippen LogP contribution in [0, 0.1) is 5.92 Å². The predicted molar refractivity (Wildman–Crippen MR) is 75.3 cm³/mol. The van der Waals surface area contributed by atoms with Gasteiger partial charge in [0.1, 0.15) is 0 Å². The Labute approximate surface area is 119 Å². The van der Waals surface area contributed by atoms with Gasteiger partial charge in [0, 0.05) is 38.6 Å². The Morgan fingerprint density at radius 2 is 1.80 bits per heavy atom. The van der Waals surface area contributed by atoms with Gasteiger partial charge in [-0.25, -0.2) is 4.79 Å². The van der Waals surface area contributed by atoms with Gasteiger partial charge in [-0.3, -0.25) is 4.79 Å². The number of carboxylic acids is 1. The number of carbonyl (C=O) groups is 2. The summed E-state index contributed by atoms with van der Waals surface area (Å²) in [5.74, 6) is -0.422. The lowest BCUT2D eigenvalue weighted by atomic mass is 9.93. The number of amides is 2. The molecule has 2 aliphatic rings. The highest BCUT2D eigenvalue weighted by molar-refractivity contribution is 5.74. The second-order valence-electron chi connectivity index (χ2n) is 5.99. The number of hydrogen-bond donors (Lipinski definition) is 2. The maximum atomic E-state index is 12.4. The highest BCUT2D eigenvalue weighted by Crippen LogP contribution is 2.22. The summed E-state index contributed by atoms with van der Waals surface area (Å²) in [4.78, 5) is 26.9. The van der Waals surface area contributed by atoms with Gasteiger partial charge in [-0.15, -0.1) is 0 Å². The van der Waals surface area contributed by atoms with Crippen molar-refractivity contribution in [1.29, 1.82) is 0 Å². The molecular formula is C14H25N3O3. The van der Waals surface area contributed by atoms with Gasteiger partial charge in [0.25, 0.3) is 0 Å². The van der Waals surface area contributed by atoms with E-state index in [9.17, 15) is 9.59 Å². The summed E-state index contributed by atoms with van der Waals surface area (Å²) in [6.45, 7) is 2.99. The maximum Gasteiger partial charge on any atom is 0.320 e. The number of nitrogens with two attached hydrogens (primary N) is 1. The van der Waals surface area contributed by atoms with Crippen LogP contribution in [0.4, 0.5) is 4.79 Å². The molecule has 2 saturated heterocycles. The number of nitrogens with zero attached hydrogens (tertiary/aromatic N) is 2. The van der Waals surface area contributed by atoms with Crippen LogP contribution in [0.2, 0.25) is 0 Å². The zero-order valence-electron chi connectivity index (χ0n) is 12.0. The molecular weight excluding hydrogens is 258 g/mol. The van der Waals surface area contributed by atoms with Crippen LogP contribution in [-0.4, -0.2) is 59.1 Å². The molecule has 2 amide bonds. The van der Waals surface area contributed by atoms with Crippen molar-refractivity contribution in [2.24, 2.45) is 11.7 Å². The average Bonchev–Trinajstić information content (AvgIpc) is 2.45. The largest absolute Gasteiger partial charge is 0.481 e.